The van der Waals surface area contributed by atoms with Crippen molar-refractivity contribution in [3.8, 4) is 0 Å². The molecule has 5 aliphatic rings. The van der Waals surface area contributed by atoms with Crippen molar-refractivity contribution in [2.45, 2.75) is 50.7 Å². The molecule has 0 radical (unpaired) electrons. The molecule has 24 heavy (non-hydrogen) atoms. The zero-order chi connectivity index (χ0) is 15.9. The first-order valence-electron chi connectivity index (χ1n) is 10.3. The summed E-state index contributed by atoms with van der Waals surface area (Å²) in [4.78, 5) is 0. The fraction of sp³-hybridized carbons (Fsp3) is 1.00. The Labute approximate surface area is 145 Å². The van der Waals surface area contributed by atoms with E-state index in [0.29, 0.717) is 12.2 Å². The highest BCUT2D eigenvalue weighted by Gasteiger charge is 2.56. The molecule has 4 nitrogen and oxygen atoms in total. The van der Waals surface area contributed by atoms with Gasteiger partial charge in [0.25, 0.3) is 0 Å². The zero-order valence-corrected chi connectivity index (χ0v) is 14.7. The monoisotopic (exact) mass is 336 g/mol. The molecule has 4 heteroatoms. The fourth-order valence-corrected chi connectivity index (χ4v) is 6.31. The van der Waals surface area contributed by atoms with Crippen LogP contribution in [-0.2, 0) is 18.9 Å². The first-order chi connectivity index (χ1) is 11.9. The quantitative estimate of drug-likeness (QED) is 0.454. The number of hydrogen-bond acceptors (Lipinski definition) is 4. The van der Waals surface area contributed by atoms with E-state index in [9.17, 15) is 0 Å². The van der Waals surface area contributed by atoms with E-state index in [4.69, 9.17) is 18.9 Å². The van der Waals surface area contributed by atoms with Crippen molar-refractivity contribution in [1.29, 1.82) is 0 Å². The molecule has 3 saturated carbocycles. The molecule has 136 valence electrons. The van der Waals surface area contributed by atoms with Crippen LogP contribution in [0.5, 0.6) is 0 Å². The summed E-state index contributed by atoms with van der Waals surface area (Å²) in [6, 6.07) is 0. The van der Waals surface area contributed by atoms with Crippen LogP contribution in [0.2, 0.25) is 0 Å². The van der Waals surface area contributed by atoms with Crippen LogP contribution in [0.4, 0.5) is 0 Å². The Kier molecular flexibility index (Phi) is 4.59. The Bertz CT molecular complexity index is 433. The lowest BCUT2D eigenvalue weighted by Crippen LogP contribution is -2.28. The van der Waals surface area contributed by atoms with Gasteiger partial charge in [-0.05, 0) is 74.0 Å². The molecule has 0 N–H and O–H groups in total. The Balaban J connectivity index is 1.05. The standard InChI is InChI=1S/C20H32O4/c1-2-18-19-8-15(7-14(19)4-6-22-10-17-12-24-17)20(18)13(1)3-5-21-9-16-11-23-16/h13-20H,1-12H2/t13?,14?,15-,16?,17?,18?,19?,20?/m1/s1. The van der Waals surface area contributed by atoms with Gasteiger partial charge in [-0.25, -0.2) is 0 Å². The van der Waals surface area contributed by atoms with Crippen LogP contribution >= 0.6 is 0 Å². The zero-order valence-electron chi connectivity index (χ0n) is 14.7. The van der Waals surface area contributed by atoms with Crippen molar-refractivity contribution in [2.75, 3.05) is 39.6 Å². The van der Waals surface area contributed by atoms with E-state index in [0.717, 1.165) is 75.1 Å². The van der Waals surface area contributed by atoms with Crippen LogP contribution in [0.3, 0.4) is 0 Å². The van der Waals surface area contributed by atoms with Gasteiger partial charge in [0.1, 0.15) is 12.2 Å². The predicted molar refractivity (Wildman–Crippen MR) is 89.8 cm³/mol. The minimum atomic E-state index is 0.415. The maximum absolute atomic E-state index is 5.81. The lowest BCUT2D eigenvalue weighted by molar-refractivity contribution is 0.0714. The number of ether oxygens (including phenoxy) is 4. The van der Waals surface area contributed by atoms with Crippen LogP contribution in [0.1, 0.15) is 38.5 Å². The molecular formula is C20H32O4. The van der Waals surface area contributed by atoms with Gasteiger partial charge in [0.15, 0.2) is 0 Å². The Morgan fingerprint density at radius 3 is 2.08 bits per heavy atom. The normalized spacial score (nSPS) is 48.0. The fourth-order valence-electron chi connectivity index (χ4n) is 6.31. The third-order valence-corrected chi connectivity index (χ3v) is 7.47. The van der Waals surface area contributed by atoms with Gasteiger partial charge in [-0.1, -0.05) is 0 Å². The first kappa shape index (κ1) is 16.0. The average molecular weight is 336 g/mol. The highest BCUT2D eigenvalue weighted by atomic mass is 16.6. The number of epoxide rings is 2. The van der Waals surface area contributed by atoms with E-state index in [-0.39, 0.29) is 0 Å². The molecule has 3 aliphatic carbocycles. The average Bonchev–Trinajstić information content (AvgIpc) is 3.48. The van der Waals surface area contributed by atoms with Gasteiger partial charge in [0.2, 0.25) is 0 Å². The lowest BCUT2D eigenvalue weighted by atomic mass is 9.72. The second-order valence-electron chi connectivity index (χ2n) is 8.87. The van der Waals surface area contributed by atoms with Crippen molar-refractivity contribution in [3.05, 3.63) is 0 Å². The van der Waals surface area contributed by atoms with E-state index in [1.54, 1.807) is 0 Å². The summed E-state index contributed by atoms with van der Waals surface area (Å²) < 4.78 is 22.0. The summed E-state index contributed by atoms with van der Waals surface area (Å²) in [5.41, 5.74) is 0. The Morgan fingerprint density at radius 2 is 1.42 bits per heavy atom. The van der Waals surface area contributed by atoms with E-state index in [1.807, 2.05) is 0 Å². The molecule has 5 rings (SSSR count). The molecule has 0 spiro atoms. The molecule has 0 aromatic carbocycles. The second-order valence-corrected chi connectivity index (χ2v) is 8.87. The molecule has 8 atom stereocenters. The van der Waals surface area contributed by atoms with Gasteiger partial charge in [-0.3, -0.25) is 0 Å². The smallest absolute Gasteiger partial charge is 0.104 e. The molecule has 0 aromatic rings. The maximum Gasteiger partial charge on any atom is 0.104 e. The van der Waals surface area contributed by atoms with E-state index in [1.165, 1.54) is 38.5 Å². The number of rotatable bonds is 10. The molecule has 0 aromatic heterocycles. The van der Waals surface area contributed by atoms with E-state index >= 15 is 0 Å². The minimum Gasteiger partial charge on any atom is -0.379 e. The van der Waals surface area contributed by atoms with Crippen LogP contribution < -0.4 is 0 Å². The Hall–Kier alpha value is -0.160. The van der Waals surface area contributed by atoms with Gasteiger partial charge < -0.3 is 18.9 Å². The molecule has 7 unspecified atom stereocenters. The van der Waals surface area contributed by atoms with Gasteiger partial charge in [0, 0.05) is 13.2 Å². The second kappa shape index (κ2) is 6.86. The molecule has 2 heterocycles. The van der Waals surface area contributed by atoms with Crippen molar-refractivity contribution >= 4 is 0 Å². The summed E-state index contributed by atoms with van der Waals surface area (Å²) in [7, 11) is 0. The summed E-state index contributed by atoms with van der Waals surface area (Å²) >= 11 is 0. The van der Waals surface area contributed by atoms with Crippen LogP contribution in [0.15, 0.2) is 0 Å². The third kappa shape index (κ3) is 3.40. The largest absolute Gasteiger partial charge is 0.379 e. The maximum atomic E-state index is 5.81. The highest BCUT2D eigenvalue weighted by Crippen LogP contribution is 2.63. The van der Waals surface area contributed by atoms with Gasteiger partial charge in [-0.15, -0.1) is 0 Å². The van der Waals surface area contributed by atoms with Gasteiger partial charge in [-0.2, -0.15) is 0 Å². The molecule has 0 amide bonds. The van der Waals surface area contributed by atoms with Gasteiger partial charge >= 0.3 is 0 Å². The summed E-state index contributed by atoms with van der Waals surface area (Å²) in [5.74, 6) is 5.94. The van der Waals surface area contributed by atoms with Crippen molar-refractivity contribution in [3.63, 3.8) is 0 Å². The van der Waals surface area contributed by atoms with Crippen LogP contribution in [0, 0.1) is 35.5 Å². The first-order valence-corrected chi connectivity index (χ1v) is 10.3. The minimum absolute atomic E-state index is 0.415. The highest BCUT2D eigenvalue weighted by molar-refractivity contribution is 5.05. The molecule has 2 aliphatic heterocycles. The van der Waals surface area contributed by atoms with Crippen molar-refractivity contribution in [2.24, 2.45) is 35.5 Å². The Morgan fingerprint density at radius 1 is 0.750 bits per heavy atom. The molecule has 2 bridgehead atoms. The summed E-state index contributed by atoms with van der Waals surface area (Å²) in [6.45, 7) is 5.37. The van der Waals surface area contributed by atoms with Crippen molar-refractivity contribution in [1.82, 2.24) is 0 Å². The topological polar surface area (TPSA) is 43.5 Å². The number of fused-ring (bicyclic) bond motifs is 5. The van der Waals surface area contributed by atoms with E-state index < -0.39 is 0 Å². The molecule has 5 fully saturated rings. The van der Waals surface area contributed by atoms with E-state index in [2.05, 4.69) is 0 Å². The number of hydrogen-bond donors (Lipinski definition) is 0. The summed E-state index contributed by atoms with van der Waals surface area (Å²) in [5, 5.41) is 0. The van der Waals surface area contributed by atoms with Crippen LogP contribution in [0.25, 0.3) is 0 Å². The predicted octanol–water partition coefficient (Wildman–Crippen LogP) is 2.90. The third-order valence-electron chi connectivity index (χ3n) is 7.47. The van der Waals surface area contributed by atoms with Crippen molar-refractivity contribution < 1.29 is 18.9 Å². The van der Waals surface area contributed by atoms with Gasteiger partial charge in [0.05, 0.1) is 26.4 Å². The molecule has 2 saturated heterocycles. The summed E-state index contributed by atoms with van der Waals surface area (Å²) in [6.07, 6.45) is 9.32. The van der Waals surface area contributed by atoms with Crippen LogP contribution in [-0.4, -0.2) is 51.8 Å². The molecular weight excluding hydrogens is 304 g/mol. The lowest BCUT2D eigenvalue weighted by Gasteiger charge is -2.34. The SMILES string of the molecule is C(CC1C[C@@H]2CC1C1CCC(CCOCC3CO3)C12)OCC1CO1.